The normalized spacial score (nSPS) is 11.2. The monoisotopic (exact) mass is 200 g/mol. The van der Waals surface area contributed by atoms with Gasteiger partial charge in [0.15, 0.2) is 5.78 Å². The quantitative estimate of drug-likeness (QED) is 0.352. The van der Waals surface area contributed by atoms with Gasteiger partial charge in [-0.15, -0.1) is 0 Å². The predicted molar refractivity (Wildman–Crippen MR) is 42.6 cm³/mol. The van der Waals surface area contributed by atoms with E-state index in [0.717, 1.165) is 0 Å². The molecule has 6 nitrogen and oxygen atoms in total. The van der Waals surface area contributed by atoms with Crippen LogP contribution in [0.4, 0.5) is 0 Å². The van der Waals surface area contributed by atoms with Gasteiger partial charge >= 0.3 is 41.5 Å². The van der Waals surface area contributed by atoms with Crippen LogP contribution in [0.2, 0.25) is 0 Å². The van der Waals surface area contributed by atoms with E-state index in [0.29, 0.717) is 0 Å². The van der Waals surface area contributed by atoms with Crippen LogP contribution in [-0.4, -0.2) is 69.2 Å². The summed E-state index contributed by atoms with van der Waals surface area (Å²) < 4.78 is 0. The van der Waals surface area contributed by atoms with E-state index in [1.807, 2.05) is 0 Å². The Kier molecular flexibility index (Phi) is 8.13. The average molecular weight is 200 g/mol. The number of rotatable bonds is 5. The van der Waals surface area contributed by atoms with Crippen LogP contribution in [0.5, 0.6) is 0 Å². The molecule has 0 saturated carbocycles. The Morgan fingerprint density at radius 3 is 1.85 bits per heavy atom. The summed E-state index contributed by atoms with van der Waals surface area (Å²) in [5.41, 5.74) is 0. The first kappa shape index (κ1) is 15.1. The Labute approximate surface area is 95.8 Å². The molecule has 0 aromatic rings. The summed E-state index contributed by atoms with van der Waals surface area (Å²) in [5, 5.41) is 24.8. The minimum absolute atomic E-state index is 0. The Hall–Kier alpha value is -0.430. The number of carboxylic acid groups (broad SMARTS) is 2. The second-order valence-electron chi connectivity index (χ2n) is 2.11. The summed E-state index contributed by atoms with van der Waals surface area (Å²) in [6.45, 7) is -0.954. The molecule has 0 spiro atoms. The molecule has 0 heterocycles. The van der Waals surface area contributed by atoms with Crippen LogP contribution >= 0.6 is 0 Å². The topological polar surface area (TPSA) is 112 Å². The van der Waals surface area contributed by atoms with E-state index in [9.17, 15) is 14.4 Å². The third-order valence-electron chi connectivity index (χ3n) is 1.22. The number of carbonyl (C=O) groups excluding carboxylic acids is 1. The van der Waals surface area contributed by atoms with Gasteiger partial charge in [0.1, 0.15) is 12.5 Å². The molecule has 0 amide bonds. The Bertz CT molecular complexity index is 213. The third kappa shape index (κ3) is 5.75. The Balaban J connectivity index is 0. The number of Topliss-reactive ketones (excluding diaryl/α,β-unsaturated/α-hetero) is 1. The zero-order valence-corrected chi connectivity index (χ0v) is 6.06. The molecule has 0 radical (unpaired) electrons. The van der Waals surface area contributed by atoms with Crippen LogP contribution in [-0.2, 0) is 14.4 Å². The predicted octanol–water partition coefficient (Wildman–Crippen LogP) is -1.93. The molecule has 0 aromatic heterocycles. The van der Waals surface area contributed by atoms with E-state index >= 15 is 0 Å². The molecule has 70 valence electrons. The van der Waals surface area contributed by atoms with Crippen molar-refractivity contribution in [3.63, 3.8) is 0 Å². The number of aliphatic hydroxyl groups excluding tert-OH is 1. The van der Waals surface area contributed by atoms with E-state index in [1.165, 1.54) is 0 Å². The van der Waals surface area contributed by atoms with Gasteiger partial charge in [-0.3, -0.25) is 14.4 Å². The SMILES string of the molecule is O=C(O)CC(C(=O)O)C(=O)CO.[NaH]. The second kappa shape index (κ2) is 7.02. The molecule has 0 aliphatic carbocycles. The summed E-state index contributed by atoms with van der Waals surface area (Å²) in [5.74, 6) is -5.56. The maximum absolute atomic E-state index is 10.6. The molecule has 0 bridgehead atoms. The van der Waals surface area contributed by atoms with Crippen molar-refractivity contribution in [2.75, 3.05) is 6.61 Å². The molecule has 0 aliphatic rings. The van der Waals surface area contributed by atoms with Gasteiger partial charge in [-0.05, 0) is 0 Å². The Morgan fingerprint density at radius 1 is 1.15 bits per heavy atom. The van der Waals surface area contributed by atoms with Gasteiger partial charge in [0, 0.05) is 0 Å². The molecular weight excluding hydrogens is 191 g/mol. The molecule has 0 rings (SSSR count). The fraction of sp³-hybridized carbons (Fsp3) is 0.500. The van der Waals surface area contributed by atoms with Gasteiger partial charge in [0.05, 0.1) is 6.42 Å². The Morgan fingerprint density at radius 2 is 1.62 bits per heavy atom. The van der Waals surface area contributed by atoms with Gasteiger partial charge in [-0.2, -0.15) is 0 Å². The van der Waals surface area contributed by atoms with Crippen molar-refractivity contribution in [1.82, 2.24) is 0 Å². The number of ketones is 1. The van der Waals surface area contributed by atoms with Crippen LogP contribution in [0.3, 0.4) is 0 Å². The second-order valence-corrected chi connectivity index (χ2v) is 2.11. The summed E-state index contributed by atoms with van der Waals surface area (Å²) >= 11 is 0. The average Bonchev–Trinajstić information content (AvgIpc) is 1.98. The number of hydrogen-bond acceptors (Lipinski definition) is 4. The first-order valence-corrected chi connectivity index (χ1v) is 3.07. The zero-order valence-electron chi connectivity index (χ0n) is 6.06. The van der Waals surface area contributed by atoms with Gasteiger partial charge in [-0.25, -0.2) is 0 Å². The summed E-state index contributed by atoms with van der Waals surface area (Å²) in [7, 11) is 0. The van der Waals surface area contributed by atoms with Crippen LogP contribution in [0.1, 0.15) is 6.42 Å². The third-order valence-corrected chi connectivity index (χ3v) is 1.22. The van der Waals surface area contributed by atoms with Crippen molar-refractivity contribution < 1.29 is 29.7 Å². The molecule has 0 aliphatic heterocycles. The van der Waals surface area contributed by atoms with Crippen molar-refractivity contribution in [3.8, 4) is 0 Å². The van der Waals surface area contributed by atoms with Crippen LogP contribution in [0, 0.1) is 5.92 Å². The molecule has 13 heavy (non-hydrogen) atoms. The van der Waals surface area contributed by atoms with Gasteiger partial charge in [0.25, 0.3) is 0 Å². The van der Waals surface area contributed by atoms with Gasteiger partial charge < -0.3 is 15.3 Å². The zero-order chi connectivity index (χ0) is 9.72. The van der Waals surface area contributed by atoms with Crippen molar-refractivity contribution in [3.05, 3.63) is 0 Å². The number of aliphatic hydroxyl groups is 1. The van der Waals surface area contributed by atoms with Crippen molar-refractivity contribution in [1.29, 1.82) is 0 Å². The molecule has 3 N–H and O–H groups in total. The van der Waals surface area contributed by atoms with Gasteiger partial charge in [-0.1, -0.05) is 0 Å². The van der Waals surface area contributed by atoms with Crippen LogP contribution in [0.25, 0.3) is 0 Å². The first-order chi connectivity index (χ1) is 5.49. The molecule has 7 heteroatoms. The van der Waals surface area contributed by atoms with Crippen molar-refractivity contribution >= 4 is 47.3 Å². The standard InChI is InChI=1S/C6H8O6.Na.H/c7-2-4(8)3(6(11)12)1-5(9)10;;/h3,7H,1-2H2,(H,9,10)(H,11,12);;. The number of hydrogen-bond donors (Lipinski definition) is 3. The number of carbonyl (C=O) groups is 3. The van der Waals surface area contributed by atoms with E-state index in [4.69, 9.17) is 15.3 Å². The van der Waals surface area contributed by atoms with E-state index < -0.39 is 36.7 Å². The van der Waals surface area contributed by atoms with E-state index in [-0.39, 0.29) is 29.6 Å². The van der Waals surface area contributed by atoms with Crippen molar-refractivity contribution in [2.45, 2.75) is 6.42 Å². The first-order valence-electron chi connectivity index (χ1n) is 3.07. The van der Waals surface area contributed by atoms with Crippen LogP contribution < -0.4 is 0 Å². The van der Waals surface area contributed by atoms with Gasteiger partial charge in [0.2, 0.25) is 0 Å². The molecule has 0 fully saturated rings. The summed E-state index contributed by atoms with van der Waals surface area (Å²) in [6.07, 6.45) is -0.797. The molecule has 0 aromatic carbocycles. The fourth-order valence-electron chi connectivity index (χ4n) is 0.624. The summed E-state index contributed by atoms with van der Waals surface area (Å²) in [4.78, 5) is 30.9. The van der Waals surface area contributed by atoms with E-state index in [2.05, 4.69) is 0 Å². The number of carboxylic acids is 2. The molecule has 0 saturated heterocycles. The molecule has 1 atom stereocenters. The maximum atomic E-state index is 10.6. The van der Waals surface area contributed by atoms with Crippen LogP contribution in [0.15, 0.2) is 0 Å². The van der Waals surface area contributed by atoms with Crippen molar-refractivity contribution in [2.24, 2.45) is 5.92 Å². The molecular formula is C6H9NaO6. The number of aliphatic carboxylic acids is 2. The van der Waals surface area contributed by atoms with E-state index in [1.54, 1.807) is 0 Å². The molecule has 1 unspecified atom stereocenters. The fourth-order valence-corrected chi connectivity index (χ4v) is 0.624. The minimum atomic E-state index is -1.65. The summed E-state index contributed by atoms with van der Waals surface area (Å²) in [6, 6.07) is 0.